The van der Waals surface area contributed by atoms with Gasteiger partial charge in [0.15, 0.2) is 0 Å². The van der Waals surface area contributed by atoms with Crippen LogP contribution in [0.2, 0.25) is 0 Å². The summed E-state index contributed by atoms with van der Waals surface area (Å²) in [5.41, 5.74) is 1.25. The van der Waals surface area contributed by atoms with E-state index in [1.165, 1.54) is 0 Å². The molecular weight excluding hydrogens is 188 g/mol. The summed E-state index contributed by atoms with van der Waals surface area (Å²) in [6.07, 6.45) is 0.358. The Morgan fingerprint density at radius 3 is 2.47 bits per heavy atom. The van der Waals surface area contributed by atoms with Crippen LogP contribution >= 0.6 is 0 Å². The van der Waals surface area contributed by atoms with E-state index in [1.54, 1.807) is 6.92 Å². The highest BCUT2D eigenvalue weighted by Gasteiger charge is 2.28. The van der Waals surface area contributed by atoms with Gasteiger partial charge in [0.2, 0.25) is 0 Å². The van der Waals surface area contributed by atoms with Gasteiger partial charge in [-0.1, -0.05) is 31.2 Å². The number of aryl methyl sites for hydroxylation is 1. The van der Waals surface area contributed by atoms with Gasteiger partial charge in [-0.3, -0.25) is 0 Å². The lowest BCUT2D eigenvalue weighted by molar-refractivity contribution is -0.0630. The number of aliphatic hydroxyl groups excluding tert-OH is 1. The first kappa shape index (κ1) is 12.2. The maximum atomic E-state index is 9.90. The zero-order valence-electron chi connectivity index (χ0n) is 9.70. The van der Waals surface area contributed by atoms with Crippen molar-refractivity contribution in [1.82, 2.24) is 0 Å². The van der Waals surface area contributed by atoms with Crippen LogP contribution in [0.4, 0.5) is 0 Å². The third-order valence-corrected chi connectivity index (χ3v) is 3.11. The van der Waals surface area contributed by atoms with E-state index in [0.29, 0.717) is 12.8 Å². The topological polar surface area (TPSA) is 40.5 Å². The minimum absolute atomic E-state index is 0.507. The second kappa shape index (κ2) is 4.77. The van der Waals surface area contributed by atoms with E-state index in [0.717, 1.165) is 11.1 Å². The van der Waals surface area contributed by atoms with Crippen LogP contribution in [-0.4, -0.2) is 21.9 Å². The molecule has 0 saturated carbocycles. The van der Waals surface area contributed by atoms with Gasteiger partial charge in [0.1, 0.15) is 0 Å². The Balaban J connectivity index is 2.75. The minimum Gasteiger partial charge on any atom is -0.390 e. The molecule has 1 aromatic rings. The third kappa shape index (κ3) is 3.05. The van der Waals surface area contributed by atoms with Crippen LogP contribution < -0.4 is 0 Å². The van der Waals surface area contributed by atoms with Crippen LogP contribution in [0, 0.1) is 6.92 Å². The van der Waals surface area contributed by atoms with Crippen LogP contribution in [-0.2, 0) is 6.42 Å². The monoisotopic (exact) mass is 208 g/mol. The van der Waals surface area contributed by atoms with Gasteiger partial charge >= 0.3 is 0 Å². The molecule has 2 atom stereocenters. The highest BCUT2D eigenvalue weighted by atomic mass is 16.3. The fourth-order valence-corrected chi connectivity index (χ4v) is 1.50. The SMILES string of the molecule is CCC(C)(O)C(O)Cc1ccccc1C. The van der Waals surface area contributed by atoms with Crippen LogP contribution in [0.1, 0.15) is 31.4 Å². The predicted octanol–water partition coefficient (Wildman–Crippen LogP) is 2.06. The molecule has 0 aliphatic heterocycles. The lowest BCUT2D eigenvalue weighted by atomic mass is 9.90. The molecule has 0 aliphatic rings. The Morgan fingerprint density at radius 1 is 1.33 bits per heavy atom. The number of hydrogen-bond acceptors (Lipinski definition) is 2. The number of hydrogen-bond donors (Lipinski definition) is 2. The summed E-state index contributed by atoms with van der Waals surface area (Å²) in [5, 5.41) is 19.8. The summed E-state index contributed by atoms with van der Waals surface area (Å²) in [6.45, 7) is 5.57. The maximum absolute atomic E-state index is 9.90. The van der Waals surface area contributed by atoms with E-state index >= 15 is 0 Å². The number of benzene rings is 1. The van der Waals surface area contributed by atoms with E-state index < -0.39 is 11.7 Å². The quantitative estimate of drug-likeness (QED) is 0.795. The minimum atomic E-state index is -0.998. The first-order valence-corrected chi connectivity index (χ1v) is 5.42. The Labute approximate surface area is 91.6 Å². The largest absolute Gasteiger partial charge is 0.390 e. The van der Waals surface area contributed by atoms with E-state index in [4.69, 9.17) is 0 Å². The van der Waals surface area contributed by atoms with Crippen molar-refractivity contribution in [3.05, 3.63) is 35.4 Å². The van der Waals surface area contributed by atoms with E-state index in [9.17, 15) is 10.2 Å². The molecule has 0 radical (unpaired) electrons. The summed E-state index contributed by atoms with van der Waals surface area (Å²) in [6, 6.07) is 7.94. The molecule has 0 aliphatic carbocycles. The fourth-order valence-electron chi connectivity index (χ4n) is 1.50. The lowest BCUT2D eigenvalue weighted by Crippen LogP contribution is -2.40. The summed E-state index contributed by atoms with van der Waals surface area (Å²) in [7, 11) is 0. The number of aliphatic hydroxyl groups is 2. The zero-order chi connectivity index (χ0) is 11.5. The van der Waals surface area contributed by atoms with Gasteiger partial charge in [-0.15, -0.1) is 0 Å². The molecule has 84 valence electrons. The van der Waals surface area contributed by atoms with Crippen molar-refractivity contribution in [2.45, 2.75) is 45.3 Å². The van der Waals surface area contributed by atoms with Gasteiger partial charge in [-0.2, -0.15) is 0 Å². The van der Waals surface area contributed by atoms with Crippen molar-refractivity contribution in [3.63, 3.8) is 0 Å². The van der Waals surface area contributed by atoms with Gasteiger partial charge in [0.05, 0.1) is 11.7 Å². The predicted molar refractivity (Wildman–Crippen MR) is 61.8 cm³/mol. The van der Waals surface area contributed by atoms with E-state index in [-0.39, 0.29) is 0 Å². The van der Waals surface area contributed by atoms with E-state index in [1.807, 2.05) is 38.1 Å². The average molecular weight is 208 g/mol. The molecule has 2 nitrogen and oxygen atoms in total. The van der Waals surface area contributed by atoms with Crippen molar-refractivity contribution >= 4 is 0 Å². The molecule has 0 bridgehead atoms. The van der Waals surface area contributed by atoms with Crippen LogP contribution in [0.5, 0.6) is 0 Å². The summed E-state index contributed by atoms with van der Waals surface area (Å²) in [4.78, 5) is 0. The Kier molecular flexibility index (Phi) is 3.89. The van der Waals surface area contributed by atoms with Crippen LogP contribution in [0.15, 0.2) is 24.3 Å². The van der Waals surface area contributed by atoms with Crippen LogP contribution in [0.3, 0.4) is 0 Å². The molecule has 0 amide bonds. The molecule has 0 saturated heterocycles. The number of rotatable bonds is 4. The van der Waals surface area contributed by atoms with Crippen molar-refractivity contribution in [1.29, 1.82) is 0 Å². The van der Waals surface area contributed by atoms with Crippen molar-refractivity contribution < 1.29 is 10.2 Å². The lowest BCUT2D eigenvalue weighted by Gasteiger charge is -2.28. The molecule has 0 spiro atoms. The smallest absolute Gasteiger partial charge is 0.0878 e. The van der Waals surface area contributed by atoms with Gasteiger partial charge < -0.3 is 10.2 Å². The van der Waals surface area contributed by atoms with Gasteiger partial charge in [0.25, 0.3) is 0 Å². The van der Waals surface area contributed by atoms with Gasteiger partial charge in [0, 0.05) is 6.42 Å². The third-order valence-electron chi connectivity index (χ3n) is 3.11. The molecule has 1 rings (SSSR count). The normalized spacial score (nSPS) is 17.1. The molecule has 1 aromatic carbocycles. The Bertz CT molecular complexity index is 318. The molecule has 0 fully saturated rings. The van der Waals surface area contributed by atoms with Crippen LogP contribution in [0.25, 0.3) is 0 Å². The first-order valence-electron chi connectivity index (χ1n) is 5.42. The van der Waals surface area contributed by atoms with Gasteiger partial charge in [-0.25, -0.2) is 0 Å². The maximum Gasteiger partial charge on any atom is 0.0878 e. The highest BCUT2D eigenvalue weighted by Crippen LogP contribution is 2.19. The summed E-state index contributed by atoms with van der Waals surface area (Å²) in [5.74, 6) is 0. The zero-order valence-corrected chi connectivity index (χ0v) is 9.70. The molecule has 2 heteroatoms. The fraction of sp³-hybridized carbons (Fsp3) is 0.538. The van der Waals surface area contributed by atoms with Crippen molar-refractivity contribution in [3.8, 4) is 0 Å². The Morgan fingerprint density at radius 2 is 1.93 bits per heavy atom. The second-order valence-corrected chi connectivity index (χ2v) is 4.36. The molecular formula is C13H20O2. The first-order chi connectivity index (χ1) is 6.97. The van der Waals surface area contributed by atoms with Crippen molar-refractivity contribution in [2.24, 2.45) is 0 Å². The second-order valence-electron chi connectivity index (χ2n) is 4.36. The standard InChI is InChI=1S/C13H20O2/c1-4-13(3,15)12(14)9-11-8-6-5-7-10(11)2/h5-8,12,14-15H,4,9H2,1-3H3. The molecule has 2 N–H and O–H groups in total. The average Bonchev–Trinajstić information content (AvgIpc) is 2.21. The summed E-state index contributed by atoms with van der Waals surface area (Å²) < 4.78 is 0. The van der Waals surface area contributed by atoms with Crippen molar-refractivity contribution in [2.75, 3.05) is 0 Å². The highest BCUT2D eigenvalue weighted by molar-refractivity contribution is 5.26. The molecule has 0 aromatic heterocycles. The summed E-state index contributed by atoms with van der Waals surface area (Å²) >= 11 is 0. The van der Waals surface area contributed by atoms with E-state index in [2.05, 4.69) is 0 Å². The molecule has 2 unspecified atom stereocenters. The van der Waals surface area contributed by atoms with Gasteiger partial charge in [-0.05, 0) is 31.4 Å². The Hall–Kier alpha value is -0.860. The molecule has 0 heterocycles. The molecule has 15 heavy (non-hydrogen) atoms.